The predicted molar refractivity (Wildman–Crippen MR) is 69.8 cm³/mol. The number of aliphatic hydroxyl groups is 1. The van der Waals surface area contributed by atoms with E-state index in [1.807, 2.05) is 6.92 Å². The van der Waals surface area contributed by atoms with Gasteiger partial charge in [0.25, 0.3) is 0 Å². The lowest BCUT2D eigenvalue weighted by atomic mass is 10.2. The average Bonchev–Trinajstić information content (AvgIpc) is 2.76. The molecule has 0 radical (unpaired) electrons. The molecule has 1 fully saturated rings. The lowest BCUT2D eigenvalue weighted by Crippen LogP contribution is -2.47. The molecule has 114 valence electrons. The van der Waals surface area contributed by atoms with Crippen LogP contribution < -0.4 is 10.6 Å². The molecule has 0 aromatic rings. The summed E-state index contributed by atoms with van der Waals surface area (Å²) in [5.41, 5.74) is 0. The number of ether oxygens (including phenoxy) is 1. The molecule has 0 saturated carbocycles. The van der Waals surface area contributed by atoms with E-state index >= 15 is 0 Å². The molecule has 3 amide bonds. The number of rotatable bonds is 5. The Labute approximate surface area is 117 Å². The zero-order valence-electron chi connectivity index (χ0n) is 11.7. The van der Waals surface area contributed by atoms with Crippen molar-refractivity contribution >= 4 is 17.9 Å². The van der Waals surface area contributed by atoms with Crippen LogP contribution in [-0.4, -0.2) is 66.8 Å². The van der Waals surface area contributed by atoms with E-state index in [2.05, 4.69) is 15.4 Å². The van der Waals surface area contributed by atoms with Gasteiger partial charge < -0.3 is 15.2 Å². The van der Waals surface area contributed by atoms with E-state index in [9.17, 15) is 19.5 Å². The van der Waals surface area contributed by atoms with Crippen molar-refractivity contribution in [3.8, 4) is 0 Å². The highest BCUT2D eigenvalue weighted by Crippen LogP contribution is 2.18. The Morgan fingerprint density at radius 1 is 1.40 bits per heavy atom. The summed E-state index contributed by atoms with van der Waals surface area (Å²) in [5.74, 6) is -1.02. The normalized spacial score (nSPS) is 22.4. The number of likely N-dealkylation sites (tertiary alicyclic amines) is 1. The van der Waals surface area contributed by atoms with E-state index < -0.39 is 30.1 Å². The van der Waals surface area contributed by atoms with E-state index in [0.717, 1.165) is 6.42 Å². The molecule has 0 aliphatic carbocycles. The summed E-state index contributed by atoms with van der Waals surface area (Å²) in [6.45, 7) is 2.43. The SMILES string of the molecule is CCCNC(=O)NC(=O)CN1CC(O)CC1C(=O)OC. The highest BCUT2D eigenvalue weighted by Gasteiger charge is 2.37. The van der Waals surface area contributed by atoms with Crippen LogP contribution in [0, 0.1) is 0 Å². The molecule has 0 bridgehead atoms. The van der Waals surface area contributed by atoms with Gasteiger partial charge in [0.1, 0.15) is 6.04 Å². The van der Waals surface area contributed by atoms with Gasteiger partial charge in [-0.1, -0.05) is 6.92 Å². The summed E-state index contributed by atoms with van der Waals surface area (Å²) in [4.78, 5) is 36.0. The Morgan fingerprint density at radius 3 is 2.70 bits per heavy atom. The number of amides is 3. The van der Waals surface area contributed by atoms with Crippen LogP contribution in [0.1, 0.15) is 19.8 Å². The summed E-state index contributed by atoms with van der Waals surface area (Å²) in [7, 11) is 1.25. The molecule has 2 atom stereocenters. The number of hydrogen-bond donors (Lipinski definition) is 3. The fourth-order valence-corrected chi connectivity index (χ4v) is 2.07. The molecule has 20 heavy (non-hydrogen) atoms. The molecular weight excluding hydrogens is 266 g/mol. The van der Waals surface area contributed by atoms with Crippen molar-refractivity contribution in [2.24, 2.45) is 0 Å². The zero-order chi connectivity index (χ0) is 15.1. The monoisotopic (exact) mass is 287 g/mol. The van der Waals surface area contributed by atoms with E-state index in [1.165, 1.54) is 12.0 Å². The minimum absolute atomic E-state index is 0.142. The van der Waals surface area contributed by atoms with Crippen LogP contribution in [0.5, 0.6) is 0 Å². The summed E-state index contributed by atoms with van der Waals surface area (Å²) >= 11 is 0. The van der Waals surface area contributed by atoms with Crippen molar-refractivity contribution in [1.29, 1.82) is 0 Å². The Bertz CT molecular complexity index is 374. The summed E-state index contributed by atoms with van der Waals surface area (Å²) in [6.07, 6.45) is 0.313. The molecule has 1 rings (SSSR count). The minimum Gasteiger partial charge on any atom is -0.468 e. The van der Waals surface area contributed by atoms with Gasteiger partial charge in [-0.25, -0.2) is 4.79 Å². The number of nitrogens with one attached hydrogen (secondary N) is 2. The Kier molecular flexibility index (Phi) is 6.40. The fraction of sp³-hybridized carbons (Fsp3) is 0.750. The maximum Gasteiger partial charge on any atom is 0.323 e. The topological polar surface area (TPSA) is 108 Å². The van der Waals surface area contributed by atoms with Gasteiger partial charge in [-0.3, -0.25) is 19.8 Å². The van der Waals surface area contributed by atoms with E-state index in [-0.39, 0.29) is 19.5 Å². The highest BCUT2D eigenvalue weighted by atomic mass is 16.5. The van der Waals surface area contributed by atoms with E-state index in [1.54, 1.807) is 0 Å². The van der Waals surface area contributed by atoms with Gasteiger partial charge in [-0.05, 0) is 6.42 Å². The van der Waals surface area contributed by atoms with Crippen LogP contribution >= 0.6 is 0 Å². The number of imide groups is 1. The lowest BCUT2D eigenvalue weighted by Gasteiger charge is -2.20. The molecule has 0 spiro atoms. The van der Waals surface area contributed by atoms with Gasteiger partial charge >= 0.3 is 12.0 Å². The second kappa shape index (κ2) is 7.81. The van der Waals surface area contributed by atoms with Crippen molar-refractivity contribution in [3.63, 3.8) is 0 Å². The molecule has 8 nitrogen and oxygen atoms in total. The van der Waals surface area contributed by atoms with Gasteiger partial charge in [-0.2, -0.15) is 0 Å². The molecule has 1 aliphatic rings. The van der Waals surface area contributed by atoms with Crippen molar-refractivity contribution in [2.45, 2.75) is 31.9 Å². The fourth-order valence-electron chi connectivity index (χ4n) is 2.07. The quantitative estimate of drug-likeness (QED) is 0.550. The predicted octanol–water partition coefficient (Wildman–Crippen LogP) is -1.17. The summed E-state index contributed by atoms with van der Waals surface area (Å²) in [6, 6.07) is -1.22. The third kappa shape index (κ3) is 4.78. The van der Waals surface area contributed by atoms with Gasteiger partial charge in [0.05, 0.1) is 19.8 Å². The average molecular weight is 287 g/mol. The number of aliphatic hydroxyl groups excluding tert-OH is 1. The number of nitrogens with zero attached hydrogens (tertiary/aromatic N) is 1. The van der Waals surface area contributed by atoms with Crippen molar-refractivity contribution in [1.82, 2.24) is 15.5 Å². The zero-order valence-corrected chi connectivity index (χ0v) is 11.7. The number of esters is 1. The maximum atomic E-state index is 11.7. The van der Waals surface area contributed by atoms with Crippen LogP contribution in [0.2, 0.25) is 0 Å². The maximum absolute atomic E-state index is 11.7. The van der Waals surface area contributed by atoms with Crippen molar-refractivity contribution in [2.75, 3.05) is 26.7 Å². The van der Waals surface area contributed by atoms with E-state index in [0.29, 0.717) is 6.54 Å². The first-order valence-electron chi connectivity index (χ1n) is 6.55. The Balaban J connectivity index is 2.47. The van der Waals surface area contributed by atoms with Gasteiger partial charge in [-0.15, -0.1) is 0 Å². The molecule has 0 aromatic heterocycles. The molecule has 1 aliphatic heterocycles. The Morgan fingerprint density at radius 2 is 2.10 bits per heavy atom. The van der Waals surface area contributed by atoms with Crippen LogP contribution in [0.25, 0.3) is 0 Å². The van der Waals surface area contributed by atoms with Crippen LogP contribution in [0.15, 0.2) is 0 Å². The van der Waals surface area contributed by atoms with Crippen molar-refractivity contribution in [3.05, 3.63) is 0 Å². The van der Waals surface area contributed by atoms with Gasteiger partial charge in [0.15, 0.2) is 0 Å². The van der Waals surface area contributed by atoms with Gasteiger partial charge in [0.2, 0.25) is 5.91 Å². The minimum atomic E-state index is -0.680. The second-order valence-electron chi connectivity index (χ2n) is 4.66. The summed E-state index contributed by atoms with van der Waals surface area (Å²) in [5, 5.41) is 14.2. The largest absolute Gasteiger partial charge is 0.468 e. The number of urea groups is 1. The number of methoxy groups -OCH3 is 1. The lowest BCUT2D eigenvalue weighted by molar-refractivity contribution is -0.146. The first-order chi connectivity index (χ1) is 9.47. The smallest absolute Gasteiger partial charge is 0.323 e. The standard InChI is InChI=1S/C12H21N3O5/c1-3-4-13-12(19)14-10(17)7-15-6-8(16)5-9(15)11(18)20-2/h8-9,16H,3-7H2,1-2H3,(H2,13,14,17,19). The molecule has 3 N–H and O–H groups in total. The number of hydrogen-bond acceptors (Lipinski definition) is 6. The van der Waals surface area contributed by atoms with E-state index in [4.69, 9.17) is 0 Å². The molecule has 1 heterocycles. The second-order valence-corrected chi connectivity index (χ2v) is 4.66. The number of β-amino-alcohol motifs (C(OH)–C–C–N with tert-alkyl or cyclic N) is 1. The highest BCUT2D eigenvalue weighted by molar-refractivity contribution is 5.95. The number of carbonyl (C=O) groups is 3. The first kappa shape index (κ1) is 16.4. The third-order valence-electron chi connectivity index (χ3n) is 2.99. The molecular formula is C12H21N3O5. The van der Waals surface area contributed by atoms with Crippen molar-refractivity contribution < 1.29 is 24.2 Å². The van der Waals surface area contributed by atoms with Crippen LogP contribution in [0.3, 0.4) is 0 Å². The number of carbonyl (C=O) groups excluding carboxylic acids is 3. The first-order valence-corrected chi connectivity index (χ1v) is 6.55. The molecule has 8 heteroatoms. The molecule has 0 aromatic carbocycles. The molecule has 2 unspecified atom stereocenters. The van der Waals surface area contributed by atoms with Crippen LogP contribution in [0.4, 0.5) is 4.79 Å². The summed E-state index contributed by atoms with van der Waals surface area (Å²) < 4.78 is 4.63. The Hall–Kier alpha value is -1.67. The van der Waals surface area contributed by atoms with Gasteiger partial charge in [0, 0.05) is 19.5 Å². The molecule has 1 saturated heterocycles. The third-order valence-corrected chi connectivity index (χ3v) is 2.99. The van der Waals surface area contributed by atoms with Crippen LogP contribution in [-0.2, 0) is 14.3 Å².